The third-order valence-electron chi connectivity index (χ3n) is 3.42. The molecular formula is C15H25ClN2O2. The van der Waals surface area contributed by atoms with Gasteiger partial charge in [-0.15, -0.1) is 12.4 Å². The predicted molar refractivity (Wildman–Crippen MR) is 84.7 cm³/mol. The summed E-state index contributed by atoms with van der Waals surface area (Å²) in [5.74, 6) is 0.596. The zero-order valence-electron chi connectivity index (χ0n) is 12.4. The fourth-order valence-electron chi connectivity index (χ4n) is 1.75. The Bertz CT molecular complexity index is 420. The molecule has 114 valence electrons. The van der Waals surface area contributed by atoms with Crippen molar-refractivity contribution in [1.82, 2.24) is 5.32 Å². The second-order valence-electron chi connectivity index (χ2n) is 4.71. The number of hydrogen-bond donors (Lipinski definition) is 2. The molecule has 0 fully saturated rings. The number of ether oxygens (including phenoxy) is 1. The quantitative estimate of drug-likeness (QED) is 0.814. The maximum atomic E-state index is 12.1. The van der Waals surface area contributed by atoms with Crippen LogP contribution in [0.5, 0.6) is 5.75 Å². The minimum atomic E-state index is -0.326. The van der Waals surface area contributed by atoms with E-state index in [1.165, 1.54) is 0 Å². The van der Waals surface area contributed by atoms with Gasteiger partial charge in [0, 0.05) is 17.6 Å². The number of carbonyl (C=O) groups excluding carboxylic acids is 1. The van der Waals surface area contributed by atoms with Crippen molar-refractivity contribution in [1.29, 1.82) is 0 Å². The van der Waals surface area contributed by atoms with E-state index in [-0.39, 0.29) is 23.9 Å². The Balaban J connectivity index is 0.00000361. The molecule has 4 nitrogen and oxygen atoms in total. The van der Waals surface area contributed by atoms with Gasteiger partial charge in [-0.05, 0) is 38.0 Å². The second-order valence-corrected chi connectivity index (χ2v) is 4.71. The third-order valence-corrected chi connectivity index (χ3v) is 3.42. The Hall–Kier alpha value is -1.26. The van der Waals surface area contributed by atoms with Crippen molar-refractivity contribution in [2.24, 2.45) is 5.73 Å². The van der Waals surface area contributed by atoms with E-state index in [9.17, 15) is 4.79 Å². The SMILES string of the molecule is CCOc1cccc(C(=O)NCC(N)(CC)CC)c1.Cl. The molecule has 5 heteroatoms. The van der Waals surface area contributed by atoms with Crippen LogP contribution < -0.4 is 15.8 Å². The van der Waals surface area contributed by atoms with Crippen molar-refractivity contribution in [2.75, 3.05) is 13.2 Å². The van der Waals surface area contributed by atoms with E-state index in [4.69, 9.17) is 10.5 Å². The maximum absolute atomic E-state index is 12.1. The molecule has 0 unspecified atom stereocenters. The van der Waals surface area contributed by atoms with Gasteiger partial charge >= 0.3 is 0 Å². The van der Waals surface area contributed by atoms with Gasteiger partial charge in [0.25, 0.3) is 5.91 Å². The molecule has 0 aliphatic heterocycles. The largest absolute Gasteiger partial charge is 0.494 e. The fourth-order valence-corrected chi connectivity index (χ4v) is 1.75. The van der Waals surface area contributed by atoms with Crippen LogP contribution in [-0.2, 0) is 0 Å². The summed E-state index contributed by atoms with van der Waals surface area (Å²) in [4.78, 5) is 12.1. The minimum absolute atomic E-state index is 0. The van der Waals surface area contributed by atoms with Crippen LogP contribution >= 0.6 is 12.4 Å². The first-order chi connectivity index (χ1) is 9.04. The first-order valence-electron chi connectivity index (χ1n) is 6.84. The van der Waals surface area contributed by atoms with Crippen LogP contribution in [0.4, 0.5) is 0 Å². The molecule has 0 aromatic heterocycles. The summed E-state index contributed by atoms with van der Waals surface area (Å²) < 4.78 is 5.38. The minimum Gasteiger partial charge on any atom is -0.494 e. The number of rotatable bonds is 7. The van der Waals surface area contributed by atoms with Gasteiger partial charge in [0.2, 0.25) is 0 Å². The average molecular weight is 301 g/mol. The normalized spacial score (nSPS) is 10.6. The molecule has 1 aromatic rings. The Labute approximate surface area is 127 Å². The van der Waals surface area contributed by atoms with E-state index in [1.54, 1.807) is 12.1 Å². The van der Waals surface area contributed by atoms with Gasteiger partial charge in [0.1, 0.15) is 5.75 Å². The molecule has 1 rings (SSSR count). The van der Waals surface area contributed by atoms with Crippen molar-refractivity contribution in [3.05, 3.63) is 29.8 Å². The van der Waals surface area contributed by atoms with Gasteiger partial charge in [0.05, 0.1) is 6.61 Å². The lowest BCUT2D eigenvalue weighted by Crippen LogP contribution is -2.49. The molecule has 0 bridgehead atoms. The van der Waals surface area contributed by atoms with Crippen LogP contribution in [0.1, 0.15) is 44.0 Å². The van der Waals surface area contributed by atoms with E-state index in [0.29, 0.717) is 24.5 Å². The molecule has 0 aliphatic rings. The number of halogens is 1. The number of nitrogens with one attached hydrogen (secondary N) is 1. The van der Waals surface area contributed by atoms with E-state index >= 15 is 0 Å². The summed E-state index contributed by atoms with van der Waals surface area (Å²) in [6.45, 7) is 7.05. The smallest absolute Gasteiger partial charge is 0.251 e. The van der Waals surface area contributed by atoms with Crippen molar-refractivity contribution < 1.29 is 9.53 Å². The Morgan fingerprint density at radius 3 is 2.50 bits per heavy atom. The van der Waals surface area contributed by atoms with Gasteiger partial charge in [0.15, 0.2) is 0 Å². The van der Waals surface area contributed by atoms with Crippen LogP contribution in [0, 0.1) is 0 Å². The lowest BCUT2D eigenvalue weighted by Gasteiger charge is -2.26. The highest BCUT2D eigenvalue weighted by Gasteiger charge is 2.21. The topological polar surface area (TPSA) is 64.3 Å². The molecule has 0 aliphatic carbocycles. The molecule has 1 aromatic carbocycles. The Morgan fingerprint density at radius 1 is 1.30 bits per heavy atom. The van der Waals surface area contributed by atoms with Gasteiger partial charge in [-0.25, -0.2) is 0 Å². The summed E-state index contributed by atoms with van der Waals surface area (Å²) in [7, 11) is 0. The predicted octanol–water partition coefficient (Wildman–Crippen LogP) is 2.75. The lowest BCUT2D eigenvalue weighted by atomic mass is 9.94. The number of hydrogen-bond acceptors (Lipinski definition) is 3. The number of amides is 1. The molecule has 0 saturated heterocycles. The molecule has 0 saturated carbocycles. The zero-order valence-corrected chi connectivity index (χ0v) is 13.3. The highest BCUT2D eigenvalue weighted by molar-refractivity contribution is 5.94. The van der Waals surface area contributed by atoms with E-state index < -0.39 is 0 Å². The maximum Gasteiger partial charge on any atom is 0.251 e. The van der Waals surface area contributed by atoms with Crippen LogP contribution in [0.15, 0.2) is 24.3 Å². The standard InChI is InChI=1S/C15H24N2O2.ClH/c1-4-15(16,5-2)11-17-14(18)12-8-7-9-13(10-12)19-6-3;/h7-10H,4-6,11,16H2,1-3H3,(H,17,18);1H. The number of benzene rings is 1. The summed E-state index contributed by atoms with van der Waals surface area (Å²) in [5.41, 5.74) is 6.43. The molecule has 0 radical (unpaired) electrons. The molecule has 0 spiro atoms. The van der Waals surface area contributed by atoms with Crippen LogP contribution in [0.2, 0.25) is 0 Å². The lowest BCUT2D eigenvalue weighted by molar-refractivity contribution is 0.0941. The van der Waals surface area contributed by atoms with Gasteiger partial charge in [-0.1, -0.05) is 19.9 Å². The molecular weight excluding hydrogens is 276 g/mol. The average Bonchev–Trinajstić information content (AvgIpc) is 2.45. The van der Waals surface area contributed by atoms with Crippen molar-refractivity contribution in [3.63, 3.8) is 0 Å². The van der Waals surface area contributed by atoms with Crippen molar-refractivity contribution >= 4 is 18.3 Å². The molecule has 20 heavy (non-hydrogen) atoms. The first-order valence-corrected chi connectivity index (χ1v) is 6.84. The van der Waals surface area contributed by atoms with Crippen LogP contribution in [0.25, 0.3) is 0 Å². The molecule has 1 amide bonds. The van der Waals surface area contributed by atoms with Crippen LogP contribution in [-0.4, -0.2) is 24.6 Å². The fraction of sp³-hybridized carbons (Fsp3) is 0.533. The summed E-state index contributed by atoms with van der Waals surface area (Å²) in [6, 6.07) is 7.17. The molecule has 3 N–H and O–H groups in total. The first kappa shape index (κ1) is 18.7. The third kappa shape index (κ3) is 5.39. The summed E-state index contributed by atoms with van der Waals surface area (Å²) >= 11 is 0. The zero-order chi connectivity index (χ0) is 14.3. The number of carbonyl (C=O) groups is 1. The highest BCUT2D eigenvalue weighted by atomic mass is 35.5. The van der Waals surface area contributed by atoms with Gasteiger partial charge < -0.3 is 15.8 Å². The van der Waals surface area contributed by atoms with Crippen molar-refractivity contribution in [3.8, 4) is 5.75 Å². The summed E-state index contributed by atoms with van der Waals surface area (Å²) in [5, 5.41) is 2.89. The Kier molecular flexibility index (Phi) is 8.26. The van der Waals surface area contributed by atoms with E-state index in [1.807, 2.05) is 32.9 Å². The second kappa shape index (κ2) is 8.82. The van der Waals surface area contributed by atoms with E-state index in [0.717, 1.165) is 12.8 Å². The monoisotopic (exact) mass is 300 g/mol. The highest BCUT2D eigenvalue weighted by Crippen LogP contribution is 2.14. The Morgan fingerprint density at radius 2 is 1.95 bits per heavy atom. The van der Waals surface area contributed by atoms with Crippen molar-refractivity contribution in [2.45, 2.75) is 39.2 Å². The van der Waals surface area contributed by atoms with E-state index in [2.05, 4.69) is 5.32 Å². The van der Waals surface area contributed by atoms with Gasteiger partial charge in [-0.3, -0.25) is 4.79 Å². The number of nitrogens with two attached hydrogens (primary N) is 1. The molecule has 0 atom stereocenters. The van der Waals surface area contributed by atoms with Gasteiger partial charge in [-0.2, -0.15) is 0 Å². The summed E-state index contributed by atoms with van der Waals surface area (Å²) in [6.07, 6.45) is 1.67. The van der Waals surface area contributed by atoms with Crippen LogP contribution in [0.3, 0.4) is 0 Å². The molecule has 0 heterocycles.